The van der Waals surface area contributed by atoms with Gasteiger partial charge in [-0.05, 0) is 18.2 Å². The zero-order valence-corrected chi connectivity index (χ0v) is 11.4. The maximum atomic E-state index is 12.1. The summed E-state index contributed by atoms with van der Waals surface area (Å²) in [5.74, 6) is 0.678. The standard InChI is InChI=1S/C14H12N4O4/c19-14-8-2-1-3-9-12(8)17(7-6-15-14)13(16-9)10-4-5-11(22-10)18(20)21/h1-5,20-21H,6-7H2,(H,15,19). The second kappa shape index (κ2) is 4.58. The van der Waals surface area contributed by atoms with Crippen LogP contribution in [-0.4, -0.2) is 32.4 Å². The van der Waals surface area contributed by atoms with E-state index >= 15 is 0 Å². The molecule has 3 heterocycles. The summed E-state index contributed by atoms with van der Waals surface area (Å²) in [7, 11) is 0. The average Bonchev–Trinajstić information content (AvgIpc) is 3.07. The number of furan rings is 1. The molecule has 2 aromatic heterocycles. The largest absolute Gasteiger partial charge is 0.433 e. The molecule has 3 aromatic rings. The first-order chi connectivity index (χ1) is 10.6. The van der Waals surface area contributed by atoms with Gasteiger partial charge in [-0.15, -0.1) is 0 Å². The van der Waals surface area contributed by atoms with Gasteiger partial charge in [0.15, 0.2) is 11.6 Å². The van der Waals surface area contributed by atoms with E-state index in [4.69, 9.17) is 14.8 Å². The van der Waals surface area contributed by atoms with Gasteiger partial charge in [0.25, 0.3) is 5.91 Å². The maximum absolute atomic E-state index is 12.1. The number of rotatable bonds is 2. The first-order valence-corrected chi connectivity index (χ1v) is 6.70. The van der Waals surface area contributed by atoms with Crippen molar-refractivity contribution >= 4 is 22.8 Å². The molecule has 0 bridgehead atoms. The highest BCUT2D eigenvalue weighted by molar-refractivity contribution is 6.06. The second-order valence-electron chi connectivity index (χ2n) is 4.94. The van der Waals surface area contributed by atoms with Crippen LogP contribution in [0.25, 0.3) is 22.6 Å². The van der Waals surface area contributed by atoms with Crippen molar-refractivity contribution in [1.29, 1.82) is 0 Å². The molecular formula is C14H12N4O4. The van der Waals surface area contributed by atoms with Crippen molar-refractivity contribution in [3.8, 4) is 11.6 Å². The second-order valence-corrected chi connectivity index (χ2v) is 4.94. The van der Waals surface area contributed by atoms with Crippen LogP contribution in [0, 0.1) is 0 Å². The zero-order valence-electron chi connectivity index (χ0n) is 11.4. The van der Waals surface area contributed by atoms with E-state index in [1.807, 2.05) is 10.6 Å². The normalized spacial score (nSPS) is 14.0. The van der Waals surface area contributed by atoms with Crippen LogP contribution in [0.15, 0.2) is 34.7 Å². The van der Waals surface area contributed by atoms with E-state index < -0.39 is 0 Å². The smallest absolute Gasteiger partial charge is 0.253 e. The monoisotopic (exact) mass is 300 g/mol. The predicted octanol–water partition coefficient (Wildman–Crippen LogP) is 1.62. The Bertz CT molecular complexity index is 880. The fourth-order valence-corrected chi connectivity index (χ4v) is 2.71. The lowest BCUT2D eigenvalue weighted by atomic mass is 10.2. The molecular weight excluding hydrogens is 288 g/mol. The minimum absolute atomic E-state index is 0.0922. The number of hydrogen-bond acceptors (Lipinski definition) is 6. The molecule has 0 radical (unpaired) electrons. The van der Waals surface area contributed by atoms with Crippen molar-refractivity contribution in [2.45, 2.75) is 6.54 Å². The van der Waals surface area contributed by atoms with Gasteiger partial charge in [0.2, 0.25) is 5.88 Å². The number of hydrogen-bond donors (Lipinski definition) is 3. The van der Waals surface area contributed by atoms with Crippen LogP contribution >= 0.6 is 0 Å². The molecule has 1 aromatic carbocycles. The first-order valence-electron chi connectivity index (χ1n) is 6.70. The van der Waals surface area contributed by atoms with Gasteiger partial charge in [0, 0.05) is 19.2 Å². The molecule has 8 heteroatoms. The number of anilines is 1. The van der Waals surface area contributed by atoms with E-state index in [2.05, 4.69) is 10.3 Å². The topological polar surface area (TPSA) is 104 Å². The van der Waals surface area contributed by atoms with Gasteiger partial charge in [-0.3, -0.25) is 15.2 Å². The summed E-state index contributed by atoms with van der Waals surface area (Å²) < 4.78 is 7.27. The summed E-state index contributed by atoms with van der Waals surface area (Å²) in [5, 5.41) is 20.7. The molecule has 1 aliphatic rings. The van der Waals surface area contributed by atoms with Crippen LogP contribution in [0.4, 0.5) is 5.88 Å². The van der Waals surface area contributed by atoms with Crippen LogP contribution in [0.5, 0.6) is 0 Å². The summed E-state index contributed by atoms with van der Waals surface area (Å²) >= 11 is 0. The number of amides is 1. The van der Waals surface area contributed by atoms with Crippen molar-refractivity contribution in [3.63, 3.8) is 0 Å². The lowest BCUT2D eigenvalue weighted by Crippen LogP contribution is -2.24. The molecule has 0 aliphatic carbocycles. The Kier molecular flexibility index (Phi) is 2.68. The molecule has 0 saturated heterocycles. The number of benzene rings is 1. The minimum atomic E-state index is -0.132. The molecule has 1 aliphatic heterocycles. The summed E-state index contributed by atoms with van der Waals surface area (Å²) in [6, 6.07) is 8.37. The zero-order chi connectivity index (χ0) is 15.3. The predicted molar refractivity (Wildman–Crippen MR) is 75.8 cm³/mol. The fourth-order valence-electron chi connectivity index (χ4n) is 2.71. The molecule has 4 rings (SSSR count). The highest BCUT2D eigenvalue weighted by Gasteiger charge is 2.23. The Labute approximate surface area is 124 Å². The number of nitrogens with one attached hydrogen (secondary N) is 1. The quantitative estimate of drug-likeness (QED) is 0.621. The Morgan fingerprint density at radius 3 is 2.91 bits per heavy atom. The molecule has 22 heavy (non-hydrogen) atoms. The fraction of sp³-hybridized carbons (Fsp3) is 0.143. The highest BCUT2D eigenvalue weighted by atomic mass is 16.8. The first kappa shape index (κ1) is 12.9. The Balaban J connectivity index is 1.96. The summed E-state index contributed by atoms with van der Waals surface area (Å²) in [5.41, 5.74) is 1.99. The molecule has 8 nitrogen and oxygen atoms in total. The van der Waals surface area contributed by atoms with E-state index in [-0.39, 0.29) is 17.0 Å². The van der Waals surface area contributed by atoms with Crippen molar-refractivity contribution in [1.82, 2.24) is 14.9 Å². The van der Waals surface area contributed by atoms with Gasteiger partial charge < -0.3 is 14.3 Å². The molecule has 0 fully saturated rings. The molecule has 0 spiro atoms. The van der Waals surface area contributed by atoms with Crippen LogP contribution in [0.2, 0.25) is 0 Å². The highest BCUT2D eigenvalue weighted by Crippen LogP contribution is 2.30. The maximum Gasteiger partial charge on any atom is 0.253 e. The SMILES string of the molecule is O=C1NCCn2c(-c3ccc(N(O)O)o3)nc3cccc1c32. The van der Waals surface area contributed by atoms with Gasteiger partial charge in [0.1, 0.15) is 0 Å². The van der Waals surface area contributed by atoms with Gasteiger partial charge in [0.05, 0.1) is 16.6 Å². The van der Waals surface area contributed by atoms with Crippen molar-refractivity contribution in [2.75, 3.05) is 11.8 Å². The Morgan fingerprint density at radius 2 is 2.14 bits per heavy atom. The van der Waals surface area contributed by atoms with E-state index in [0.29, 0.717) is 35.8 Å². The Hall–Kier alpha value is -2.84. The third kappa shape index (κ3) is 1.78. The number of carbonyl (C=O) groups is 1. The van der Waals surface area contributed by atoms with Crippen LogP contribution < -0.4 is 10.5 Å². The number of imidazole rings is 1. The summed E-state index contributed by atoms with van der Waals surface area (Å²) in [6.45, 7) is 1.03. The van der Waals surface area contributed by atoms with Crippen LogP contribution in [0.1, 0.15) is 10.4 Å². The van der Waals surface area contributed by atoms with Gasteiger partial charge in [-0.1, -0.05) is 11.3 Å². The van der Waals surface area contributed by atoms with Crippen LogP contribution in [-0.2, 0) is 6.54 Å². The van der Waals surface area contributed by atoms with Gasteiger partial charge >= 0.3 is 0 Å². The number of nitrogens with zero attached hydrogens (tertiary/aromatic N) is 3. The van der Waals surface area contributed by atoms with Crippen molar-refractivity contribution < 1.29 is 19.6 Å². The lowest BCUT2D eigenvalue weighted by molar-refractivity contribution is 0.0177. The summed E-state index contributed by atoms with van der Waals surface area (Å²) in [4.78, 5) is 16.6. The number of para-hydroxylation sites is 1. The van der Waals surface area contributed by atoms with E-state index in [9.17, 15) is 4.79 Å². The van der Waals surface area contributed by atoms with E-state index in [0.717, 1.165) is 5.52 Å². The average molecular weight is 300 g/mol. The Morgan fingerprint density at radius 1 is 1.27 bits per heavy atom. The minimum Gasteiger partial charge on any atom is -0.433 e. The molecule has 0 unspecified atom stereocenters. The van der Waals surface area contributed by atoms with Crippen LogP contribution in [0.3, 0.4) is 0 Å². The van der Waals surface area contributed by atoms with E-state index in [1.54, 1.807) is 18.2 Å². The molecule has 3 N–H and O–H groups in total. The molecule has 112 valence electrons. The van der Waals surface area contributed by atoms with E-state index in [1.165, 1.54) is 6.07 Å². The molecule has 0 atom stereocenters. The van der Waals surface area contributed by atoms with Gasteiger partial charge in [-0.25, -0.2) is 4.98 Å². The number of carbonyl (C=O) groups excluding carboxylic acids is 1. The van der Waals surface area contributed by atoms with Crippen molar-refractivity contribution in [2.24, 2.45) is 0 Å². The third-order valence-electron chi connectivity index (χ3n) is 3.64. The summed E-state index contributed by atoms with van der Waals surface area (Å²) in [6.07, 6.45) is 0. The lowest BCUT2D eigenvalue weighted by Gasteiger charge is -2.05. The van der Waals surface area contributed by atoms with Crippen molar-refractivity contribution in [3.05, 3.63) is 35.9 Å². The van der Waals surface area contributed by atoms with Gasteiger partial charge in [-0.2, -0.15) is 0 Å². The molecule has 0 saturated carbocycles. The molecule has 1 amide bonds. The third-order valence-corrected chi connectivity index (χ3v) is 3.64. The number of aromatic nitrogens is 2.